The predicted molar refractivity (Wildman–Crippen MR) is 165 cm³/mol. The molecule has 0 saturated carbocycles. The molecule has 3 heterocycles. The highest BCUT2D eigenvalue weighted by molar-refractivity contribution is 8.00. The minimum absolute atomic E-state index is 1.27. The van der Waals surface area contributed by atoms with Gasteiger partial charge in [0.05, 0.1) is 0 Å². The van der Waals surface area contributed by atoms with Crippen LogP contribution in [-0.2, 0) is 0 Å². The zero-order chi connectivity index (χ0) is 24.1. The van der Waals surface area contributed by atoms with Gasteiger partial charge in [0.15, 0.2) is 0 Å². The molecule has 0 fully saturated rings. The van der Waals surface area contributed by atoms with E-state index in [9.17, 15) is 0 Å². The van der Waals surface area contributed by atoms with Crippen molar-refractivity contribution in [2.45, 2.75) is 9.79 Å². The maximum Gasteiger partial charge on any atom is 0.0441 e. The van der Waals surface area contributed by atoms with Crippen LogP contribution in [-0.4, -0.2) is 0 Å². The third-order valence-corrected chi connectivity index (χ3v) is 11.2. The Morgan fingerprint density at radius 3 is 2.08 bits per heavy atom. The van der Waals surface area contributed by atoms with Gasteiger partial charge in [0.2, 0.25) is 0 Å². The highest BCUT2D eigenvalue weighted by Crippen LogP contribution is 2.54. The Hall–Kier alpha value is -3.63. The van der Waals surface area contributed by atoms with Crippen molar-refractivity contribution in [1.29, 1.82) is 0 Å². The Morgan fingerprint density at radius 2 is 1.16 bits per heavy atom. The van der Waals surface area contributed by atoms with E-state index in [1.54, 1.807) is 0 Å². The Labute approximate surface area is 225 Å². The van der Waals surface area contributed by atoms with Gasteiger partial charge < -0.3 is 0 Å². The van der Waals surface area contributed by atoms with Gasteiger partial charge in [-0.25, -0.2) is 0 Å². The number of hydrogen-bond acceptors (Lipinski definition) is 3. The topological polar surface area (TPSA) is 0 Å². The molecule has 0 spiro atoms. The molecule has 1 aliphatic rings. The summed E-state index contributed by atoms with van der Waals surface area (Å²) in [6.45, 7) is 0. The smallest absolute Gasteiger partial charge is 0.0441 e. The minimum Gasteiger partial charge on any atom is -0.135 e. The molecule has 0 atom stereocenters. The summed E-state index contributed by atoms with van der Waals surface area (Å²) >= 11 is 5.77. The fraction of sp³-hybridized carbons (Fsp3) is 0. The molecule has 0 saturated heterocycles. The van der Waals surface area contributed by atoms with Gasteiger partial charge in [-0.2, -0.15) is 0 Å². The van der Waals surface area contributed by atoms with Crippen LogP contribution in [0.3, 0.4) is 0 Å². The van der Waals surface area contributed by atoms with Gasteiger partial charge in [-0.1, -0.05) is 78.5 Å². The van der Waals surface area contributed by atoms with E-state index in [4.69, 9.17) is 0 Å². The standard InChI is InChI=1S/C34H18S3/c1-2-8-19(9-3-1)23-17-21(18-25-22-11-4-5-12-26(22)36-33(23)25)24-16-20-10-6-13-27-30(20)32-31-28(35-27)14-7-15-29(31)37-34(24)32/h1-18H. The van der Waals surface area contributed by atoms with Crippen LogP contribution in [0.4, 0.5) is 0 Å². The molecule has 2 aromatic heterocycles. The Kier molecular flexibility index (Phi) is 4.12. The average molecular weight is 523 g/mol. The summed E-state index contributed by atoms with van der Waals surface area (Å²) in [6.07, 6.45) is 0. The first kappa shape index (κ1) is 20.4. The van der Waals surface area contributed by atoms with Gasteiger partial charge in [0.1, 0.15) is 0 Å². The highest BCUT2D eigenvalue weighted by Gasteiger charge is 2.23. The van der Waals surface area contributed by atoms with E-state index in [0.717, 1.165) is 0 Å². The molecule has 0 bridgehead atoms. The number of thiophene rings is 2. The minimum atomic E-state index is 1.27. The van der Waals surface area contributed by atoms with E-state index in [0.29, 0.717) is 0 Å². The summed E-state index contributed by atoms with van der Waals surface area (Å²) in [6, 6.07) is 40.6. The molecule has 37 heavy (non-hydrogen) atoms. The molecule has 1 aliphatic heterocycles. The summed E-state index contributed by atoms with van der Waals surface area (Å²) in [5, 5.41) is 8.32. The molecule has 3 heteroatoms. The average Bonchev–Trinajstić information content (AvgIpc) is 3.53. The van der Waals surface area contributed by atoms with E-state index < -0.39 is 0 Å². The van der Waals surface area contributed by atoms with Gasteiger partial charge in [0.25, 0.3) is 0 Å². The molecule has 0 nitrogen and oxygen atoms in total. The van der Waals surface area contributed by atoms with Crippen LogP contribution in [0.25, 0.3) is 73.4 Å². The van der Waals surface area contributed by atoms with Gasteiger partial charge in [-0.15, -0.1) is 22.7 Å². The molecule has 0 N–H and O–H groups in total. The third-order valence-electron chi connectivity index (χ3n) is 7.62. The summed E-state index contributed by atoms with van der Waals surface area (Å²) in [4.78, 5) is 2.75. The SMILES string of the molecule is c1ccc(-c2cc(-c3cc4cccc5c4c4c3sc3cccc(c34)S5)cc3c2sc2ccccc23)cc1. The Morgan fingerprint density at radius 1 is 0.432 bits per heavy atom. The first-order valence-corrected chi connectivity index (χ1v) is 14.9. The predicted octanol–water partition coefficient (Wildman–Crippen LogP) is 11.4. The first-order valence-electron chi connectivity index (χ1n) is 12.4. The van der Waals surface area contributed by atoms with E-state index in [2.05, 4.69) is 109 Å². The van der Waals surface area contributed by atoms with Crippen molar-refractivity contribution in [2.75, 3.05) is 0 Å². The van der Waals surface area contributed by atoms with Crippen LogP contribution in [0.15, 0.2) is 119 Å². The summed E-state index contributed by atoms with van der Waals surface area (Å²) in [5.74, 6) is 0. The quantitative estimate of drug-likeness (QED) is 0.217. The number of fused-ring (bicyclic) bond motifs is 3. The van der Waals surface area contributed by atoms with Gasteiger partial charge in [0, 0.05) is 66.6 Å². The number of rotatable bonds is 2. The first-order chi connectivity index (χ1) is 18.3. The highest BCUT2D eigenvalue weighted by atomic mass is 32.2. The number of benzene rings is 6. The van der Waals surface area contributed by atoms with E-state index in [1.807, 2.05) is 34.4 Å². The molecular weight excluding hydrogens is 505 g/mol. The molecule has 8 aromatic rings. The van der Waals surface area contributed by atoms with E-state index >= 15 is 0 Å². The van der Waals surface area contributed by atoms with Crippen LogP contribution in [0.5, 0.6) is 0 Å². The van der Waals surface area contributed by atoms with Gasteiger partial charge in [-0.3, -0.25) is 0 Å². The maximum absolute atomic E-state index is 2.44. The zero-order valence-electron chi connectivity index (χ0n) is 19.6. The number of hydrogen-bond donors (Lipinski definition) is 0. The van der Waals surface area contributed by atoms with Crippen LogP contribution in [0.2, 0.25) is 0 Å². The van der Waals surface area contributed by atoms with Crippen LogP contribution in [0.1, 0.15) is 0 Å². The third kappa shape index (κ3) is 2.79. The zero-order valence-corrected chi connectivity index (χ0v) is 22.1. The molecule has 9 rings (SSSR count). The summed E-state index contributed by atoms with van der Waals surface area (Å²) in [5.41, 5.74) is 5.23. The maximum atomic E-state index is 2.44. The second kappa shape index (κ2) is 7.45. The molecule has 0 aliphatic carbocycles. The lowest BCUT2D eigenvalue weighted by Crippen LogP contribution is -1.89. The Balaban J connectivity index is 1.47. The van der Waals surface area contributed by atoms with Crippen molar-refractivity contribution >= 4 is 85.6 Å². The fourth-order valence-corrected chi connectivity index (χ4v) is 9.74. The molecule has 0 radical (unpaired) electrons. The van der Waals surface area contributed by atoms with Crippen LogP contribution < -0.4 is 0 Å². The van der Waals surface area contributed by atoms with Crippen molar-refractivity contribution in [3.63, 3.8) is 0 Å². The van der Waals surface area contributed by atoms with Crippen molar-refractivity contribution in [3.05, 3.63) is 109 Å². The lowest BCUT2D eigenvalue weighted by atomic mass is 9.93. The van der Waals surface area contributed by atoms with E-state index in [-0.39, 0.29) is 0 Å². The van der Waals surface area contributed by atoms with Crippen molar-refractivity contribution in [1.82, 2.24) is 0 Å². The second-order valence-electron chi connectivity index (χ2n) is 9.68. The molecule has 172 valence electrons. The Bertz CT molecular complexity index is 2210. The summed E-state index contributed by atoms with van der Waals surface area (Å²) < 4.78 is 5.50. The van der Waals surface area contributed by atoms with Crippen molar-refractivity contribution in [2.24, 2.45) is 0 Å². The van der Waals surface area contributed by atoms with Gasteiger partial charge in [-0.05, 0) is 59.0 Å². The molecular formula is C34H18S3. The molecule has 0 amide bonds. The lowest BCUT2D eigenvalue weighted by Gasteiger charge is -2.17. The van der Waals surface area contributed by atoms with Crippen molar-refractivity contribution in [3.8, 4) is 22.3 Å². The molecule has 0 unspecified atom stereocenters. The normalized spacial score (nSPS) is 12.8. The summed E-state index contributed by atoms with van der Waals surface area (Å²) in [7, 11) is 0. The monoisotopic (exact) mass is 522 g/mol. The van der Waals surface area contributed by atoms with Crippen LogP contribution in [0, 0.1) is 0 Å². The van der Waals surface area contributed by atoms with E-state index in [1.165, 1.54) is 83.2 Å². The fourth-order valence-electron chi connectivity index (χ4n) is 6.02. The largest absolute Gasteiger partial charge is 0.135 e. The van der Waals surface area contributed by atoms with Gasteiger partial charge >= 0.3 is 0 Å². The molecule has 6 aromatic carbocycles. The second-order valence-corrected chi connectivity index (χ2v) is 12.9. The lowest BCUT2D eigenvalue weighted by molar-refractivity contribution is 1.49. The van der Waals surface area contributed by atoms with Crippen LogP contribution >= 0.6 is 34.4 Å². The van der Waals surface area contributed by atoms with Crippen molar-refractivity contribution < 1.29 is 0 Å².